The van der Waals surface area contributed by atoms with Crippen LogP contribution in [0.1, 0.15) is 31.4 Å². The molecule has 1 aliphatic rings. The second-order valence-corrected chi connectivity index (χ2v) is 6.42. The molecule has 1 aliphatic heterocycles. The number of ether oxygens (including phenoxy) is 2. The molecule has 0 atom stereocenters. The average Bonchev–Trinajstić information content (AvgIpc) is 2.54. The summed E-state index contributed by atoms with van der Waals surface area (Å²) in [6, 6.07) is 11.9. The third-order valence-corrected chi connectivity index (χ3v) is 3.81. The van der Waals surface area contributed by atoms with Gasteiger partial charge in [-0.15, -0.1) is 0 Å². The number of benzene rings is 2. The third-order valence-electron chi connectivity index (χ3n) is 3.81. The molecule has 1 N–H and O–H groups in total. The zero-order valence-corrected chi connectivity index (χ0v) is 13.8. The van der Waals surface area contributed by atoms with Crippen molar-refractivity contribution in [2.75, 3.05) is 13.2 Å². The summed E-state index contributed by atoms with van der Waals surface area (Å²) in [6.45, 7) is 4.28. The monoisotopic (exact) mass is 327 g/mol. The van der Waals surface area contributed by atoms with Gasteiger partial charge in [-0.05, 0) is 55.3 Å². The zero-order chi connectivity index (χ0) is 17.2. The van der Waals surface area contributed by atoms with Gasteiger partial charge in [0, 0.05) is 18.1 Å². The van der Waals surface area contributed by atoms with Crippen LogP contribution in [0.15, 0.2) is 42.5 Å². The van der Waals surface area contributed by atoms with E-state index >= 15 is 0 Å². The molecule has 0 amide bonds. The Balaban J connectivity index is 1.83. The Bertz CT molecular complexity index is 742. The number of fused-ring (bicyclic) bond motifs is 1. The number of hydrogen-bond donors (Lipinski definition) is 1. The van der Waals surface area contributed by atoms with Crippen molar-refractivity contribution in [3.63, 3.8) is 0 Å². The van der Waals surface area contributed by atoms with Gasteiger partial charge in [0.2, 0.25) is 0 Å². The lowest BCUT2D eigenvalue weighted by Gasteiger charge is -2.21. The molecule has 1 radical (unpaired) electrons. The van der Waals surface area contributed by atoms with Gasteiger partial charge >= 0.3 is 0 Å². The molecule has 0 aromatic heterocycles. The van der Waals surface area contributed by atoms with Crippen LogP contribution in [-0.4, -0.2) is 23.9 Å². The molecule has 0 spiro atoms. The van der Waals surface area contributed by atoms with Gasteiger partial charge in [-0.25, -0.2) is 4.39 Å². The normalized spacial score (nSPS) is 13.8. The first kappa shape index (κ1) is 16.5. The molecule has 24 heavy (non-hydrogen) atoms. The maximum absolute atomic E-state index is 13.2. The summed E-state index contributed by atoms with van der Waals surface area (Å²) in [6.07, 6.45) is 3.73. The molecule has 3 nitrogen and oxygen atoms in total. The van der Waals surface area contributed by atoms with Crippen molar-refractivity contribution in [3.8, 4) is 11.5 Å². The Labute approximate surface area is 141 Å². The van der Waals surface area contributed by atoms with Gasteiger partial charge in [0.25, 0.3) is 0 Å². The van der Waals surface area contributed by atoms with E-state index in [2.05, 4.69) is 6.08 Å². The fourth-order valence-electron chi connectivity index (χ4n) is 2.49. The Morgan fingerprint density at radius 1 is 1.21 bits per heavy atom. The smallest absolute Gasteiger partial charge is 0.127 e. The van der Waals surface area contributed by atoms with E-state index < -0.39 is 5.60 Å². The van der Waals surface area contributed by atoms with Crippen molar-refractivity contribution >= 4 is 5.57 Å². The summed E-state index contributed by atoms with van der Waals surface area (Å²) < 4.78 is 24.5. The van der Waals surface area contributed by atoms with E-state index in [0.29, 0.717) is 25.4 Å². The summed E-state index contributed by atoms with van der Waals surface area (Å²) in [4.78, 5) is 0. The van der Waals surface area contributed by atoms with Crippen LogP contribution in [0.25, 0.3) is 5.57 Å². The van der Waals surface area contributed by atoms with E-state index in [0.717, 1.165) is 22.4 Å². The molecule has 0 saturated heterocycles. The maximum Gasteiger partial charge on any atom is 0.127 e. The van der Waals surface area contributed by atoms with Crippen molar-refractivity contribution < 1.29 is 19.0 Å². The molecule has 4 heteroatoms. The first-order chi connectivity index (χ1) is 11.4. The van der Waals surface area contributed by atoms with Crippen LogP contribution in [0.4, 0.5) is 4.39 Å². The standard InChI is InChI=1S/C20H20FO3/c1-20(2,22)10-12-23-16-7-8-19-18(13-16)17(9-11-24-19)14-3-5-15(21)6-4-14/h3-8,13,22H,10-12H2,1-2H3. The highest BCUT2D eigenvalue weighted by Crippen LogP contribution is 2.36. The molecule has 2 aromatic rings. The SMILES string of the molecule is CC(C)(O)CCOc1ccc2c(c1)C(c1ccc(F)cc1)=[C]CO2. The van der Waals surface area contributed by atoms with Crippen LogP contribution in [-0.2, 0) is 0 Å². The van der Waals surface area contributed by atoms with Gasteiger partial charge in [-0.2, -0.15) is 0 Å². The highest BCUT2D eigenvalue weighted by molar-refractivity contribution is 5.83. The fraction of sp³-hybridized carbons (Fsp3) is 0.300. The molecular formula is C20H20FO3. The molecule has 0 saturated carbocycles. The minimum Gasteiger partial charge on any atom is -0.493 e. The van der Waals surface area contributed by atoms with Crippen molar-refractivity contribution in [1.82, 2.24) is 0 Å². The molecule has 3 rings (SSSR count). The third kappa shape index (κ3) is 3.95. The summed E-state index contributed by atoms with van der Waals surface area (Å²) in [5.41, 5.74) is 1.87. The summed E-state index contributed by atoms with van der Waals surface area (Å²) >= 11 is 0. The van der Waals surface area contributed by atoms with Gasteiger partial charge in [-0.3, -0.25) is 0 Å². The molecule has 2 aromatic carbocycles. The van der Waals surface area contributed by atoms with Crippen molar-refractivity contribution in [2.45, 2.75) is 25.9 Å². The lowest BCUT2D eigenvalue weighted by atomic mass is 9.95. The predicted molar refractivity (Wildman–Crippen MR) is 90.5 cm³/mol. The van der Waals surface area contributed by atoms with E-state index in [4.69, 9.17) is 9.47 Å². The fourth-order valence-corrected chi connectivity index (χ4v) is 2.49. The van der Waals surface area contributed by atoms with Gasteiger partial charge < -0.3 is 14.6 Å². The molecule has 0 bridgehead atoms. The molecular weight excluding hydrogens is 307 g/mol. The minimum absolute atomic E-state index is 0.268. The molecule has 0 fully saturated rings. The molecule has 0 aliphatic carbocycles. The van der Waals surface area contributed by atoms with Crippen LogP contribution in [0.2, 0.25) is 0 Å². The van der Waals surface area contributed by atoms with Crippen molar-refractivity contribution in [3.05, 3.63) is 65.5 Å². The Morgan fingerprint density at radius 2 is 1.96 bits per heavy atom. The first-order valence-electron chi connectivity index (χ1n) is 7.91. The molecule has 0 unspecified atom stereocenters. The van der Waals surface area contributed by atoms with Gasteiger partial charge in [0.1, 0.15) is 23.9 Å². The van der Waals surface area contributed by atoms with E-state index in [1.165, 1.54) is 12.1 Å². The Morgan fingerprint density at radius 3 is 2.67 bits per heavy atom. The largest absolute Gasteiger partial charge is 0.493 e. The van der Waals surface area contributed by atoms with Crippen LogP contribution in [0, 0.1) is 11.9 Å². The second kappa shape index (κ2) is 6.65. The number of rotatable bonds is 5. The summed E-state index contributed by atoms with van der Waals surface area (Å²) in [5.74, 6) is 1.18. The Hall–Kier alpha value is -2.33. The zero-order valence-electron chi connectivity index (χ0n) is 13.8. The average molecular weight is 327 g/mol. The maximum atomic E-state index is 13.2. The van der Waals surface area contributed by atoms with Crippen LogP contribution < -0.4 is 9.47 Å². The molecule has 125 valence electrons. The van der Waals surface area contributed by atoms with Crippen LogP contribution >= 0.6 is 0 Å². The van der Waals surface area contributed by atoms with Gasteiger partial charge in [0.05, 0.1) is 12.2 Å². The number of aliphatic hydroxyl groups is 1. The highest BCUT2D eigenvalue weighted by Gasteiger charge is 2.18. The first-order valence-corrected chi connectivity index (χ1v) is 7.91. The second-order valence-electron chi connectivity index (χ2n) is 6.42. The topological polar surface area (TPSA) is 38.7 Å². The van der Waals surface area contributed by atoms with Gasteiger partial charge in [0.15, 0.2) is 0 Å². The van der Waals surface area contributed by atoms with Gasteiger partial charge in [-0.1, -0.05) is 12.1 Å². The summed E-state index contributed by atoms with van der Waals surface area (Å²) in [5, 5.41) is 9.76. The lowest BCUT2D eigenvalue weighted by Crippen LogP contribution is -2.21. The number of hydrogen-bond acceptors (Lipinski definition) is 3. The lowest BCUT2D eigenvalue weighted by molar-refractivity contribution is 0.0553. The summed E-state index contributed by atoms with van der Waals surface area (Å²) in [7, 11) is 0. The van der Waals surface area contributed by atoms with E-state index in [1.807, 2.05) is 18.2 Å². The van der Waals surface area contributed by atoms with Crippen molar-refractivity contribution in [2.24, 2.45) is 0 Å². The van der Waals surface area contributed by atoms with Crippen molar-refractivity contribution in [1.29, 1.82) is 0 Å². The van der Waals surface area contributed by atoms with Crippen LogP contribution in [0.5, 0.6) is 11.5 Å². The minimum atomic E-state index is -0.760. The van der Waals surface area contributed by atoms with E-state index in [1.54, 1.807) is 26.0 Å². The Kier molecular flexibility index (Phi) is 4.58. The predicted octanol–water partition coefficient (Wildman–Crippen LogP) is 3.99. The van der Waals surface area contributed by atoms with E-state index in [9.17, 15) is 9.50 Å². The molecule has 1 heterocycles. The van der Waals surface area contributed by atoms with Crippen LogP contribution in [0.3, 0.4) is 0 Å². The highest BCUT2D eigenvalue weighted by atomic mass is 19.1. The van der Waals surface area contributed by atoms with E-state index in [-0.39, 0.29) is 5.82 Å². The number of halogens is 1. The quantitative estimate of drug-likeness (QED) is 0.902.